The molecule has 2 rings (SSSR count). The molecule has 0 amide bonds. The number of ether oxygens (including phenoxy) is 2. The van der Waals surface area contributed by atoms with Gasteiger partial charge in [-0.1, -0.05) is 28.1 Å². The largest absolute Gasteiger partial charge is 0.493 e. The topological polar surface area (TPSA) is 44.5 Å². The third-order valence-electron chi connectivity index (χ3n) is 3.32. The van der Waals surface area contributed by atoms with Crippen molar-refractivity contribution in [1.29, 1.82) is 0 Å². The van der Waals surface area contributed by atoms with Gasteiger partial charge in [0, 0.05) is 4.47 Å². The van der Waals surface area contributed by atoms with Gasteiger partial charge in [0.2, 0.25) is 0 Å². The Bertz CT molecular complexity index is 613. The Morgan fingerprint density at radius 3 is 2.30 bits per heavy atom. The van der Waals surface area contributed by atoms with Gasteiger partial charge in [0.05, 0.1) is 20.3 Å². The van der Waals surface area contributed by atoms with Crippen molar-refractivity contribution in [2.75, 3.05) is 14.2 Å². The lowest BCUT2D eigenvalue weighted by atomic mass is 9.95. The van der Waals surface area contributed by atoms with E-state index in [1.165, 1.54) is 0 Å². The van der Waals surface area contributed by atoms with E-state index in [0.29, 0.717) is 5.75 Å². The first-order valence-corrected chi connectivity index (χ1v) is 7.09. The van der Waals surface area contributed by atoms with Crippen LogP contribution in [0.2, 0.25) is 0 Å². The van der Waals surface area contributed by atoms with Crippen molar-refractivity contribution < 1.29 is 9.47 Å². The van der Waals surface area contributed by atoms with Crippen molar-refractivity contribution in [3.63, 3.8) is 0 Å². The summed E-state index contributed by atoms with van der Waals surface area (Å²) in [6, 6.07) is 11.7. The second kappa shape index (κ2) is 6.29. The number of nitrogens with two attached hydrogens (primary N) is 1. The average Bonchev–Trinajstić information content (AvgIpc) is 2.46. The Morgan fingerprint density at radius 2 is 1.70 bits per heavy atom. The lowest BCUT2D eigenvalue weighted by molar-refractivity contribution is 0.354. The van der Waals surface area contributed by atoms with Crippen LogP contribution in [0.25, 0.3) is 0 Å². The molecule has 2 aromatic carbocycles. The Hall–Kier alpha value is -1.52. The molecule has 0 radical (unpaired) electrons. The van der Waals surface area contributed by atoms with E-state index in [2.05, 4.69) is 15.9 Å². The number of benzene rings is 2. The molecular weight excluding hydrogens is 318 g/mol. The van der Waals surface area contributed by atoms with Crippen molar-refractivity contribution in [1.82, 2.24) is 0 Å². The second-order valence-electron chi connectivity index (χ2n) is 4.60. The van der Waals surface area contributed by atoms with Crippen LogP contribution in [0, 0.1) is 6.92 Å². The van der Waals surface area contributed by atoms with Gasteiger partial charge in [-0.25, -0.2) is 0 Å². The fraction of sp³-hybridized carbons (Fsp3) is 0.250. The van der Waals surface area contributed by atoms with Gasteiger partial charge in [-0.3, -0.25) is 0 Å². The molecule has 3 nitrogen and oxygen atoms in total. The minimum absolute atomic E-state index is 0.202. The second-order valence-corrected chi connectivity index (χ2v) is 5.51. The van der Waals surface area contributed by atoms with Crippen LogP contribution in [0.5, 0.6) is 11.5 Å². The molecule has 0 spiro atoms. The summed E-state index contributed by atoms with van der Waals surface area (Å²) >= 11 is 3.47. The van der Waals surface area contributed by atoms with Crippen LogP contribution < -0.4 is 15.2 Å². The Morgan fingerprint density at radius 1 is 1.05 bits per heavy atom. The first-order valence-electron chi connectivity index (χ1n) is 6.30. The molecular formula is C16H18BrNO2. The zero-order valence-corrected chi connectivity index (χ0v) is 13.4. The predicted molar refractivity (Wildman–Crippen MR) is 84.5 cm³/mol. The fourth-order valence-corrected chi connectivity index (χ4v) is 2.63. The first-order chi connectivity index (χ1) is 9.56. The molecule has 2 N–H and O–H groups in total. The molecule has 20 heavy (non-hydrogen) atoms. The van der Waals surface area contributed by atoms with E-state index >= 15 is 0 Å². The van der Waals surface area contributed by atoms with E-state index in [1.807, 2.05) is 43.3 Å². The molecule has 0 aliphatic rings. The van der Waals surface area contributed by atoms with Crippen LogP contribution in [0.3, 0.4) is 0 Å². The van der Waals surface area contributed by atoms with Gasteiger partial charge in [-0.2, -0.15) is 0 Å². The molecule has 0 saturated carbocycles. The summed E-state index contributed by atoms with van der Waals surface area (Å²) in [5.74, 6) is 1.41. The zero-order chi connectivity index (χ0) is 14.7. The maximum Gasteiger partial charge on any atom is 0.161 e. The minimum atomic E-state index is -0.202. The monoisotopic (exact) mass is 335 g/mol. The van der Waals surface area contributed by atoms with Crippen LogP contribution in [0.4, 0.5) is 0 Å². The fourth-order valence-electron chi connectivity index (χ4n) is 2.21. The maximum atomic E-state index is 6.38. The van der Waals surface area contributed by atoms with Crippen molar-refractivity contribution in [3.8, 4) is 11.5 Å². The van der Waals surface area contributed by atoms with Gasteiger partial charge in [-0.15, -0.1) is 0 Å². The number of methoxy groups -OCH3 is 2. The van der Waals surface area contributed by atoms with Gasteiger partial charge in [0.25, 0.3) is 0 Å². The molecule has 1 atom stereocenters. The highest BCUT2D eigenvalue weighted by Crippen LogP contribution is 2.34. The van der Waals surface area contributed by atoms with Crippen LogP contribution in [-0.2, 0) is 0 Å². The molecule has 106 valence electrons. The quantitative estimate of drug-likeness (QED) is 0.923. The van der Waals surface area contributed by atoms with Crippen LogP contribution >= 0.6 is 15.9 Å². The third-order valence-corrected chi connectivity index (χ3v) is 3.81. The summed E-state index contributed by atoms with van der Waals surface area (Å²) in [6.07, 6.45) is 0. The zero-order valence-electron chi connectivity index (χ0n) is 11.8. The van der Waals surface area contributed by atoms with Gasteiger partial charge in [-0.05, 0) is 47.9 Å². The smallest absolute Gasteiger partial charge is 0.161 e. The third kappa shape index (κ3) is 2.97. The Kier molecular flexibility index (Phi) is 4.68. The van der Waals surface area contributed by atoms with E-state index in [4.69, 9.17) is 15.2 Å². The molecule has 2 aromatic rings. The molecule has 0 aromatic heterocycles. The SMILES string of the molecule is COc1cc(C)c(C(N)c2cccc(Br)c2)cc1OC. The number of rotatable bonds is 4. The van der Waals surface area contributed by atoms with Crippen LogP contribution in [-0.4, -0.2) is 14.2 Å². The van der Waals surface area contributed by atoms with E-state index in [9.17, 15) is 0 Å². The maximum absolute atomic E-state index is 6.38. The van der Waals surface area contributed by atoms with Gasteiger partial charge in [0.1, 0.15) is 0 Å². The summed E-state index contributed by atoms with van der Waals surface area (Å²) in [5, 5.41) is 0. The highest BCUT2D eigenvalue weighted by Gasteiger charge is 2.15. The molecule has 4 heteroatoms. The first kappa shape index (κ1) is 14.9. The van der Waals surface area contributed by atoms with Crippen molar-refractivity contribution in [2.45, 2.75) is 13.0 Å². The Balaban J connectivity index is 2.46. The van der Waals surface area contributed by atoms with E-state index < -0.39 is 0 Å². The summed E-state index contributed by atoms with van der Waals surface area (Å²) in [4.78, 5) is 0. The van der Waals surface area contributed by atoms with Crippen molar-refractivity contribution in [3.05, 3.63) is 57.6 Å². The molecule has 0 heterocycles. The molecule has 0 aliphatic carbocycles. The molecule has 0 bridgehead atoms. The Labute approximate surface area is 127 Å². The van der Waals surface area contributed by atoms with E-state index in [1.54, 1.807) is 14.2 Å². The number of hydrogen-bond acceptors (Lipinski definition) is 3. The summed E-state index contributed by atoms with van der Waals surface area (Å²) in [7, 11) is 3.26. The van der Waals surface area contributed by atoms with Crippen molar-refractivity contribution >= 4 is 15.9 Å². The number of hydrogen-bond donors (Lipinski definition) is 1. The summed E-state index contributed by atoms with van der Waals surface area (Å²) in [5.41, 5.74) is 9.54. The number of halogens is 1. The highest BCUT2D eigenvalue weighted by atomic mass is 79.9. The van der Waals surface area contributed by atoms with Crippen LogP contribution in [0.1, 0.15) is 22.7 Å². The number of aryl methyl sites for hydroxylation is 1. The predicted octanol–water partition coefficient (Wildman–Crippen LogP) is 3.82. The summed E-state index contributed by atoms with van der Waals surface area (Å²) < 4.78 is 11.7. The lowest BCUT2D eigenvalue weighted by Crippen LogP contribution is -2.13. The van der Waals surface area contributed by atoms with Gasteiger partial charge >= 0.3 is 0 Å². The van der Waals surface area contributed by atoms with E-state index in [-0.39, 0.29) is 6.04 Å². The molecule has 0 aliphatic heterocycles. The lowest BCUT2D eigenvalue weighted by Gasteiger charge is -2.18. The van der Waals surface area contributed by atoms with Gasteiger partial charge in [0.15, 0.2) is 11.5 Å². The summed E-state index contributed by atoms with van der Waals surface area (Å²) in [6.45, 7) is 2.02. The highest BCUT2D eigenvalue weighted by molar-refractivity contribution is 9.10. The molecule has 0 saturated heterocycles. The standard InChI is InChI=1S/C16H18BrNO2/c1-10-7-14(19-2)15(20-3)9-13(10)16(18)11-5-4-6-12(17)8-11/h4-9,16H,18H2,1-3H3. The van der Waals surface area contributed by atoms with Crippen LogP contribution in [0.15, 0.2) is 40.9 Å². The average molecular weight is 336 g/mol. The van der Waals surface area contributed by atoms with Gasteiger partial charge < -0.3 is 15.2 Å². The minimum Gasteiger partial charge on any atom is -0.493 e. The van der Waals surface area contributed by atoms with Crippen molar-refractivity contribution in [2.24, 2.45) is 5.73 Å². The molecule has 1 unspecified atom stereocenters. The molecule has 0 fully saturated rings. The van der Waals surface area contributed by atoms with E-state index in [0.717, 1.165) is 26.9 Å². The normalized spacial score (nSPS) is 12.1.